The molecule has 0 spiro atoms. The van der Waals surface area contributed by atoms with Gasteiger partial charge in [0.25, 0.3) is 0 Å². The minimum Gasteiger partial charge on any atom is -0.383 e. The van der Waals surface area contributed by atoms with Gasteiger partial charge in [0.15, 0.2) is 5.76 Å². The fraction of sp³-hybridized carbons (Fsp3) is 0.308. The maximum Gasteiger partial charge on any atom is 0.168 e. The number of benzene rings is 1. The van der Waals surface area contributed by atoms with E-state index in [0.29, 0.717) is 23.4 Å². The molecule has 0 radical (unpaired) electrons. The van der Waals surface area contributed by atoms with Crippen LogP contribution in [0.15, 0.2) is 33.3 Å². The average Bonchev–Trinajstić information content (AvgIpc) is 2.83. The molecule has 102 valence electrons. The Labute approximate surface area is 119 Å². The molecule has 0 fully saturated rings. The number of halogens is 2. The average molecular weight is 329 g/mol. The second-order valence-electron chi connectivity index (χ2n) is 3.98. The van der Waals surface area contributed by atoms with Crippen molar-refractivity contribution in [3.8, 4) is 11.3 Å². The molecule has 6 heteroatoms. The van der Waals surface area contributed by atoms with E-state index in [4.69, 9.17) is 9.26 Å². The first-order valence-electron chi connectivity index (χ1n) is 5.81. The van der Waals surface area contributed by atoms with Crippen molar-refractivity contribution in [2.75, 3.05) is 20.3 Å². The van der Waals surface area contributed by atoms with Crippen molar-refractivity contribution in [1.82, 2.24) is 10.5 Å². The van der Waals surface area contributed by atoms with Gasteiger partial charge in [-0.2, -0.15) is 0 Å². The Hall–Kier alpha value is -1.24. The number of nitrogens with zero attached hydrogens (tertiary/aromatic N) is 1. The van der Waals surface area contributed by atoms with Gasteiger partial charge in [0.2, 0.25) is 0 Å². The van der Waals surface area contributed by atoms with Gasteiger partial charge in [-0.15, -0.1) is 0 Å². The molecule has 1 aromatic carbocycles. The van der Waals surface area contributed by atoms with Crippen LogP contribution in [0.5, 0.6) is 0 Å². The molecule has 0 amide bonds. The smallest absolute Gasteiger partial charge is 0.168 e. The largest absolute Gasteiger partial charge is 0.383 e. The van der Waals surface area contributed by atoms with Gasteiger partial charge in [-0.25, -0.2) is 4.39 Å². The quantitative estimate of drug-likeness (QED) is 0.828. The summed E-state index contributed by atoms with van der Waals surface area (Å²) in [6.45, 7) is 2.00. The molecule has 0 aliphatic heterocycles. The number of aromatic nitrogens is 1. The second kappa shape index (κ2) is 6.79. The molecule has 2 aromatic rings. The van der Waals surface area contributed by atoms with E-state index >= 15 is 0 Å². The van der Waals surface area contributed by atoms with Gasteiger partial charge in [0, 0.05) is 36.3 Å². The number of ether oxygens (including phenoxy) is 1. The predicted molar refractivity (Wildman–Crippen MR) is 73.2 cm³/mol. The molecule has 0 atom stereocenters. The van der Waals surface area contributed by atoms with Gasteiger partial charge in [-0.3, -0.25) is 0 Å². The van der Waals surface area contributed by atoms with Crippen LogP contribution in [0.25, 0.3) is 11.3 Å². The van der Waals surface area contributed by atoms with E-state index in [1.165, 1.54) is 12.1 Å². The fourth-order valence-corrected chi connectivity index (χ4v) is 2.15. The number of hydrogen-bond donors (Lipinski definition) is 1. The number of methoxy groups -OCH3 is 1. The summed E-state index contributed by atoms with van der Waals surface area (Å²) in [7, 11) is 1.65. The van der Waals surface area contributed by atoms with Crippen molar-refractivity contribution in [3.63, 3.8) is 0 Å². The summed E-state index contributed by atoms with van der Waals surface area (Å²) in [5, 5.41) is 7.13. The highest BCUT2D eigenvalue weighted by Gasteiger charge is 2.10. The molecule has 0 saturated carbocycles. The van der Waals surface area contributed by atoms with Crippen LogP contribution in [0.1, 0.15) is 5.69 Å². The summed E-state index contributed by atoms with van der Waals surface area (Å²) in [5.41, 5.74) is 1.57. The van der Waals surface area contributed by atoms with E-state index in [-0.39, 0.29) is 5.82 Å². The number of nitrogens with one attached hydrogen (secondary N) is 1. The van der Waals surface area contributed by atoms with E-state index < -0.39 is 0 Å². The lowest BCUT2D eigenvalue weighted by molar-refractivity contribution is 0.199. The Morgan fingerprint density at radius 2 is 2.26 bits per heavy atom. The molecule has 1 N–H and O–H groups in total. The molecule has 0 unspecified atom stereocenters. The van der Waals surface area contributed by atoms with Gasteiger partial charge in [-0.1, -0.05) is 5.16 Å². The third-order valence-corrected chi connectivity index (χ3v) is 3.20. The molecular formula is C13H14BrFN2O2. The summed E-state index contributed by atoms with van der Waals surface area (Å²) < 4.78 is 23.8. The standard InChI is InChI=1S/C13H14BrFN2O2/c1-18-5-4-16-8-10-7-13(19-17-10)11-3-2-9(15)6-12(11)14/h2-3,6-7,16H,4-5,8H2,1H3. The third kappa shape index (κ3) is 3.86. The Kier molecular flexibility index (Phi) is 5.07. The molecule has 0 saturated heterocycles. The van der Waals surface area contributed by atoms with E-state index in [9.17, 15) is 4.39 Å². The Morgan fingerprint density at radius 1 is 1.42 bits per heavy atom. The van der Waals surface area contributed by atoms with Crippen LogP contribution >= 0.6 is 15.9 Å². The minimum absolute atomic E-state index is 0.295. The highest BCUT2D eigenvalue weighted by molar-refractivity contribution is 9.10. The molecule has 0 aliphatic rings. The van der Waals surface area contributed by atoms with E-state index in [0.717, 1.165) is 17.8 Å². The normalized spacial score (nSPS) is 10.9. The van der Waals surface area contributed by atoms with Gasteiger partial charge in [-0.05, 0) is 34.1 Å². The first-order chi connectivity index (χ1) is 9.20. The van der Waals surface area contributed by atoms with Crippen LogP contribution in [0.3, 0.4) is 0 Å². The summed E-state index contributed by atoms with van der Waals surface area (Å²) in [4.78, 5) is 0. The summed E-state index contributed by atoms with van der Waals surface area (Å²) >= 11 is 3.31. The van der Waals surface area contributed by atoms with Crippen molar-refractivity contribution < 1.29 is 13.7 Å². The van der Waals surface area contributed by atoms with Gasteiger partial charge in [0.1, 0.15) is 5.82 Å². The molecule has 0 bridgehead atoms. The van der Waals surface area contributed by atoms with E-state index in [1.54, 1.807) is 13.2 Å². The predicted octanol–water partition coefficient (Wildman–Crippen LogP) is 2.98. The lowest BCUT2D eigenvalue weighted by atomic mass is 10.1. The molecule has 1 heterocycles. The molecule has 1 aromatic heterocycles. The van der Waals surface area contributed by atoms with E-state index in [2.05, 4.69) is 26.4 Å². The summed E-state index contributed by atoms with van der Waals surface area (Å²) in [5.74, 6) is 0.312. The van der Waals surface area contributed by atoms with Crippen molar-refractivity contribution in [1.29, 1.82) is 0 Å². The summed E-state index contributed by atoms with van der Waals surface area (Å²) in [6, 6.07) is 6.27. The molecule has 2 rings (SSSR count). The Balaban J connectivity index is 2.04. The lowest BCUT2D eigenvalue weighted by Crippen LogP contribution is -2.18. The first kappa shape index (κ1) is 14.2. The monoisotopic (exact) mass is 328 g/mol. The van der Waals surface area contributed by atoms with Gasteiger partial charge < -0.3 is 14.6 Å². The zero-order chi connectivity index (χ0) is 13.7. The lowest BCUT2D eigenvalue weighted by Gasteiger charge is -2.00. The number of hydrogen-bond acceptors (Lipinski definition) is 4. The highest BCUT2D eigenvalue weighted by atomic mass is 79.9. The topological polar surface area (TPSA) is 47.3 Å². The SMILES string of the molecule is COCCNCc1cc(-c2ccc(F)cc2Br)on1. The van der Waals surface area contributed by atoms with Crippen molar-refractivity contribution in [2.45, 2.75) is 6.54 Å². The van der Waals surface area contributed by atoms with Crippen LogP contribution in [-0.2, 0) is 11.3 Å². The maximum atomic E-state index is 13.0. The van der Waals surface area contributed by atoms with Gasteiger partial charge in [0.05, 0.1) is 12.3 Å². The first-order valence-corrected chi connectivity index (χ1v) is 6.60. The fourth-order valence-electron chi connectivity index (χ4n) is 1.60. The van der Waals surface area contributed by atoms with Crippen molar-refractivity contribution >= 4 is 15.9 Å². The molecule has 0 aliphatic carbocycles. The zero-order valence-corrected chi connectivity index (χ0v) is 12.0. The van der Waals surface area contributed by atoms with Crippen LogP contribution in [0.4, 0.5) is 4.39 Å². The van der Waals surface area contributed by atoms with Crippen LogP contribution in [-0.4, -0.2) is 25.4 Å². The molecule has 4 nitrogen and oxygen atoms in total. The second-order valence-corrected chi connectivity index (χ2v) is 4.83. The Morgan fingerprint density at radius 3 is 3.00 bits per heavy atom. The van der Waals surface area contributed by atoms with Crippen LogP contribution in [0, 0.1) is 5.82 Å². The third-order valence-electron chi connectivity index (χ3n) is 2.54. The maximum absolute atomic E-state index is 13.0. The number of rotatable bonds is 6. The minimum atomic E-state index is -0.295. The van der Waals surface area contributed by atoms with Crippen LogP contribution < -0.4 is 5.32 Å². The highest BCUT2D eigenvalue weighted by Crippen LogP contribution is 2.29. The van der Waals surface area contributed by atoms with Crippen LogP contribution in [0.2, 0.25) is 0 Å². The zero-order valence-electron chi connectivity index (χ0n) is 10.5. The van der Waals surface area contributed by atoms with E-state index in [1.807, 2.05) is 6.07 Å². The summed E-state index contributed by atoms with van der Waals surface area (Å²) in [6.07, 6.45) is 0. The molecular weight excluding hydrogens is 315 g/mol. The van der Waals surface area contributed by atoms with Crippen molar-refractivity contribution in [3.05, 3.63) is 40.2 Å². The van der Waals surface area contributed by atoms with Crippen molar-refractivity contribution in [2.24, 2.45) is 0 Å². The Bertz CT molecular complexity index is 545. The molecule has 19 heavy (non-hydrogen) atoms. The van der Waals surface area contributed by atoms with Gasteiger partial charge >= 0.3 is 0 Å².